The number of fused-ring (bicyclic) bond motifs is 1. The van der Waals surface area contributed by atoms with Gasteiger partial charge in [-0.3, -0.25) is 9.78 Å². The van der Waals surface area contributed by atoms with Gasteiger partial charge < -0.3 is 9.47 Å². The van der Waals surface area contributed by atoms with Crippen LogP contribution in [0.3, 0.4) is 0 Å². The van der Waals surface area contributed by atoms with E-state index in [1.54, 1.807) is 24.4 Å². The number of rotatable bonds is 4. The summed E-state index contributed by atoms with van der Waals surface area (Å²) in [4.78, 5) is 16.8. The molecule has 2 aromatic carbocycles. The molecule has 0 fully saturated rings. The Morgan fingerprint density at radius 2 is 1.73 bits per heavy atom. The second-order valence-corrected chi connectivity index (χ2v) is 5.55. The summed E-state index contributed by atoms with van der Waals surface area (Å²) in [6.45, 7) is 0.163. The van der Waals surface area contributed by atoms with Gasteiger partial charge in [-0.25, -0.2) is 5.43 Å². The maximum Gasteiger partial charge on any atom is 0.271 e. The van der Waals surface area contributed by atoms with Crippen molar-refractivity contribution in [1.82, 2.24) is 10.4 Å². The summed E-state index contributed by atoms with van der Waals surface area (Å²) in [7, 11) is 0. The van der Waals surface area contributed by atoms with E-state index in [-0.39, 0.29) is 12.7 Å². The monoisotopic (exact) mass is 345 g/mol. The molecule has 2 heterocycles. The third-order valence-electron chi connectivity index (χ3n) is 3.86. The Morgan fingerprint density at radius 3 is 2.54 bits per heavy atom. The van der Waals surface area contributed by atoms with Gasteiger partial charge in [0.15, 0.2) is 11.5 Å². The summed E-state index contributed by atoms with van der Waals surface area (Å²) in [6, 6.07) is 20.1. The van der Waals surface area contributed by atoms with Crippen molar-refractivity contribution < 1.29 is 14.3 Å². The van der Waals surface area contributed by atoms with E-state index in [2.05, 4.69) is 15.5 Å². The topological polar surface area (TPSA) is 72.8 Å². The lowest BCUT2D eigenvalue weighted by Gasteiger charge is -2.07. The van der Waals surface area contributed by atoms with Crippen LogP contribution in [0.5, 0.6) is 11.5 Å². The molecule has 1 aliphatic heterocycles. The molecule has 0 saturated carbocycles. The molecule has 0 saturated heterocycles. The average Bonchev–Trinajstić information content (AvgIpc) is 3.17. The molecule has 128 valence electrons. The Balaban J connectivity index is 1.62. The number of carbonyl (C=O) groups excluding carboxylic acids is 1. The van der Waals surface area contributed by atoms with Crippen LogP contribution >= 0.6 is 0 Å². The molecule has 6 heteroatoms. The SMILES string of the molecule is O=C(N/N=C(/c1ccccc1)c1ccccn1)c1ccc2c(c1)OCO2. The van der Waals surface area contributed by atoms with E-state index in [4.69, 9.17) is 9.47 Å². The highest BCUT2D eigenvalue weighted by Crippen LogP contribution is 2.32. The zero-order chi connectivity index (χ0) is 17.8. The van der Waals surface area contributed by atoms with E-state index in [1.807, 2.05) is 48.5 Å². The van der Waals surface area contributed by atoms with Gasteiger partial charge in [-0.15, -0.1) is 0 Å². The molecule has 3 aromatic rings. The van der Waals surface area contributed by atoms with Crippen LogP contribution in [0, 0.1) is 0 Å². The Morgan fingerprint density at radius 1 is 0.923 bits per heavy atom. The van der Waals surface area contributed by atoms with Gasteiger partial charge in [-0.1, -0.05) is 36.4 Å². The lowest BCUT2D eigenvalue weighted by molar-refractivity contribution is 0.0954. The van der Waals surface area contributed by atoms with Crippen molar-refractivity contribution in [3.05, 3.63) is 89.7 Å². The number of hydrazone groups is 1. The molecule has 0 unspecified atom stereocenters. The first kappa shape index (κ1) is 15.8. The average molecular weight is 345 g/mol. The van der Waals surface area contributed by atoms with E-state index in [0.29, 0.717) is 28.5 Å². The fraction of sp³-hybridized carbons (Fsp3) is 0.0500. The molecular weight excluding hydrogens is 330 g/mol. The van der Waals surface area contributed by atoms with Gasteiger partial charge in [0, 0.05) is 17.3 Å². The molecular formula is C20H15N3O3. The highest BCUT2D eigenvalue weighted by atomic mass is 16.7. The third-order valence-corrected chi connectivity index (χ3v) is 3.86. The Kier molecular flexibility index (Phi) is 4.30. The van der Waals surface area contributed by atoms with Crippen LogP contribution in [-0.2, 0) is 0 Å². The highest BCUT2D eigenvalue weighted by molar-refractivity contribution is 6.12. The highest BCUT2D eigenvalue weighted by Gasteiger charge is 2.16. The number of benzene rings is 2. The van der Waals surface area contributed by atoms with Crippen LogP contribution in [0.2, 0.25) is 0 Å². The number of hydrogen-bond donors (Lipinski definition) is 1. The summed E-state index contributed by atoms with van der Waals surface area (Å²) in [5.41, 5.74) is 5.15. The number of ether oxygens (including phenoxy) is 2. The fourth-order valence-corrected chi connectivity index (χ4v) is 2.58. The zero-order valence-corrected chi connectivity index (χ0v) is 13.8. The number of carbonyl (C=O) groups is 1. The van der Waals surface area contributed by atoms with E-state index in [9.17, 15) is 4.79 Å². The van der Waals surface area contributed by atoms with Crippen molar-refractivity contribution in [1.29, 1.82) is 0 Å². The van der Waals surface area contributed by atoms with Crippen LogP contribution in [0.1, 0.15) is 21.6 Å². The molecule has 0 bridgehead atoms. The van der Waals surface area contributed by atoms with Crippen molar-refractivity contribution in [3.8, 4) is 11.5 Å². The molecule has 0 radical (unpaired) electrons. The minimum atomic E-state index is -0.340. The minimum absolute atomic E-state index is 0.163. The maximum atomic E-state index is 12.5. The van der Waals surface area contributed by atoms with Crippen LogP contribution in [0.25, 0.3) is 0 Å². The van der Waals surface area contributed by atoms with Gasteiger partial charge in [0.2, 0.25) is 6.79 Å². The van der Waals surface area contributed by atoms with E-state index >= 15 is 0 Å². The van der Waals surface area contributed by atoms with Gasteiger partial charge in [0.1, 0.15) is 5.71 Å². The van der Waals surface area contributed by atoms with Crippen LogP contribution in [-0.4, -0.2) is 23.4 Å². The Hall–Kier alpha value is -3.67. The molecule has 1 N–H and O–H groups in total. The summed E-state index contributed by atoms with van der Waals surface area (Å²) in [6.07, 6.45) is 1.69. The van der Waals surface area contributed by atoms with Crippen molar-refractivity contribution in [2.24, 2.45) is 5.10 Å². The quantitative estimate of drug-likeness (QED) is 0.583. The van der Waals surface area contributed by atoms with E-state index in [0.717, 1.165) is 5.56 Å². The summed E-state index contributed by atoms with van der Waals surface area (Å²) >= 11 is 0. The van der Waals surface area contributed by atoms with Gasteiger partial charge in [0.05, 0.1) is 5.69 Å². The molecule has 4 rings (SSSR count). The molecule has 0 spiro atoms. The van der Waals surface area contributed by atoms with Crippen LogP contribution in [0.4, 0.5) is 0 Å². The van der Waals surface area contributed by atoms with E-state index < -0.39 is 0 Å². The molecule has 1 aliphatic rings. The number of amides is 1. The molecule has 1 amide bonds. The van der Waals surface area contributed by atoms with Crippen molar-refractivity contribution >= 4 is 11.6 Å². The Labute approximate surface area is 150 Å². The Bertz CT molecular complexity index is 915. The molecule has 6 nitrogen and oxygen atoms in total. The maximum absolute atomic E-state index is 12.5. The van der Waals surface area contributed by atoms with Crippen molar-refractivity contribution in [2.45, 2.75) is 0 Å². The van der Waals surface area contributed by atoms with Crippen molar-refractivity contribution in [3.63, 3.8) is 0 Å². The van der Waals surface area contributed by atoms with Crippen LogP contribution < -0.4 is 14.9 Å². The predicted octanol–water partition coefficient (Wildman–Crippen LogP) is 2.99. The smallest absolute Gasteiger partial charge is 0.271 e. The largest absolute Gasteiger partial charge is 0.454 e. The standard InChI is InChI=1S/C20H15N3O3/c24-20(15-9-10-17-18(12-15)26-13-25-17)23-22-19(14-6-2-1-3-7-14)16-8-4-5-11-21-16/h1-12H,13H2,(H,23,24)/b22-19-. The number of hydrogen-bond acceptors (Lipinski definition) is 5. The molecule has 0 atom stereocenters. The number of nitrogens with zero attached hydrogens (tertiary/aromatic N) is 2. The van der Waals surface area contributed by atoms with Gasteiger partial charge in [-0.05, 0) is 30.3 Å². The molecule has 26 heavy (non-hydrogen) atoms. The first-order valence-corrected chi connectivity index (χ1v) is 8.06. The van der Waals surface area contributed by atoms with E-state index in [1.165, 1.54) is 0 Å². The molecule has 0 aliphatic carbocycles. The van der Waals surface area contributed by atoms with Gasteiger partial charge in [-0.2, -0.15) is 5.10 Å². The second kappa shape index (κ2) is 7.06. The zero-order valence-electron chi connectivity index (χ0n) is 13.8. The van der Waals surface area contributed by atoms with Gasteiger partial charge >= 0.3 is 0 Å². The minimum Gasteiger partial charge on any atom is -0.454 e. The van der Waals surface area contributed by atoms with Gasteiger partial charge in [0.25, 0.3) is 5.91 Å². The summed E-state index contributed by atoms with van der Waals surface area (Å²) in [5.74, 6) is 0.839. The first-order chi connectivity index (χ1) is 12.8. The normalized spacial score (nSPS) is 12.7. The lowest BCUT2D eigenvalue weighted by Crippen LogP contribution is -2.21. The fourth-order valence-electron chi connectivity index (χ4n) is 2.58. The summed E-state index contributed by atoms with van der Waals surface area (Å²) < 4.78 is 10.6. The third kappa shape index (κ3) is 3.25. The predicted molar refractivity (Wildman–Crippen MR) is 96.3 cm³/mol. The lowest BCUT2D eigenvalue weighted by atomic mass is 10.1. The number of pyridine rings is 1. The summed E-state index contributed by atoms with van der Waals surface area (Å²) in [5, 5.41) is 4.32. The number of aromatic nitrogens is 1. The second-order valence-electron chi connectivity index (χ2n) is 5.55. The first-order valence-electron chi connectivity index (χ1n) is 8.06. The van der Waals surface area contributed by atoms with Crippen molar-refractivity contribution in [2.75, 3.05) is 6.79 Å². The van der Waals surface area contributed by atoms with Crippen LogP contribution in [0.15, 0.2) is 78.0 Å². The molecule has 1 aromatic heterocycles. The number of nitrogens with one attached hydrogen (secondary N) is 1.